The first-order valence-electron chi connectivity index (χ1n) is 8.88. The standard InChI is InChI=1S/C18H29N3O4S/c1-14-8-5-6-10-17(14)25-13-15(2)19-18(22)16-9-7-11-21(12-16)26(23,24)20(3)4/h5-6,8,10,15-16H,7,9,11-13H2,1-4H3,(H,19,22)/t15-,16-/m1/s1. The molecule has 2 rings (SSSR count). The number of rotatable bonds is 7. The minimum absolute atomic E-state index is 0.121. The van der Waals surface area contributed by atoms with Crippen LogP contribution in [0.5, 0.6) is 5.75 Å². The van der Waals surface area contributed by atoms with E-state index in [4.69, 9.17) is 4.74 Å². The number of nitrogens with zero attached hydrogens (tertiary/aromatic N) is 2. The zero-order chi connectivity index (χ0) is 19.3. The minimum atomic E-state index is -3.48. The molecule has 7 nitrogen and oxygen atoms in total. The zero-order valence-corrected chi connectivity index (χ0v) is 16.8. The molecule has 1 aromatic rings. The van der Waals surface area contributed by atoms with Gasteiger partial charge in [0.15, 0.2) is 0 Å². The van der Waals surface area contributed by atoms with Crippen LogP contribution in [0.25, 0.3) is 0 Å². The number of ether oxygens (including phenoxy) is 1. The molecule has 0 aliphatic carbocycles. The molecule has 1 amide bonds. The van der Waals surface area contributed by atoms with Gasteiger partial charge in [0.2, 0.25) is 5.91 Å². The number of piperidine rings is 1. The van der Waals surface area contributed by atoms with Gasteiger partial charge in [0.1, 0.15) is 12.4 Å². The quantitative estimate of drug-likeness (QED) is 0.772. The van der Waals surface area contributed by atoms with Gasteiger partial charge in [-0.3, -0.25) is 4.79 Å². The highest BCUT2D eigenvalue weighted by Crippen LogP contribution is 2.21. The first-order valence-corrected chi connectivity index (χ1v) is 10.3. The van der Waals surface area contributed by atoms with Crippen molar-refractivity contribution in [3.05, 3.63) is 29.8 Å². The third-order valence-electron chi connectivity index (χ3n) is 4.51. The summed E-state index contributed by atoms with van der Waals surface area (Å²) in [6.45, 7) is 4.89. The van der Waals surface area contributed by atoms with Gasteiger partial charge in [-0.15, -0.1) is 0 Å². The van der Waals surface area contributed by atoms with E-state index in [1.54, 1.807) is 0 Å². The number of hydrogen-bond donors (Lipinski definition) is 1. The molecule has 1 aliphatic heterocycles. The van der Waals surface area contributed by atoms with E-state index in [-0.39, 0.29) is 24.4 Å². The SMILES string of the molecule is Cc1ccccc1OC[C@@H](C)NC(=O)[C@@H]1CCCN(S(=O)(=O)N(C)C)C1. The van der Waals surface area contributed by atoms with E-state index < -0.39 is 10.2 Å². The van der Waals surface area contributed by atoms with E-state index in [0.717, 1.165) is 11.3 Å². The van der Waals surface area contributed by atoms with Crippen LogP contribution in [0.15, 0.2) is 24.3 Å². The molecule has 2 atom stereocenters. The van der Waals surface area contributed by atoms with Crippen LogP contribution in [0.4, 0.5) is 0 Å². The summed E-state index contributed by atoms with van der Waals surface area (Å²) in [7, 11) is -0.476. The van der Waals surface area contributed by atoms with Crippen molar-refractivity contribution >= 4 is 16.1 Å². The van der Waals surface area contributed by atoms with Crippen LogP contribution in [0.1, 0.15) is 25.3 Å². The highest BCUT2D eigenvalue weighted by molar-refractivity contribution is 7.86. The predicted octanol–water partition coefficient (Wildman–Crippen LogP) is 1.40. The molecule has 146 valence electrons. The topological polar surface area (TPSA) is 79.0 Å². The van der Waals surface area contributed by atoms with Gasteiger partial charge in [-0.2, -0.15) is 17.0 Å². The summed E-state index contributed by atoms with van der Waals surface area (Å²) in [5.74, 6) is 0.346. The molecular weight excluding hydrogens is 354 g/mol. The van der Waals surface area contributed by atoms with Crippen molar-refractivity contribution in [2.75, 3.05) is 33.8 Å². The normalized spacial score (nSPS) is 20.0. The summed E-state index contributed by atoms with van der Waals surface area (Å²) in [6.07, 6.45) is 1.37. The molecule has 0 spiro atoms. The van der Waals surface area contributed by atoms with Gasteiger partial charge in [-0.1, -0.05) is 18.2 Å². The van der Waals surface area contributed by atoms with Crippen LogP contribution in [0.2, 0.25) is 0 Å². The molecule has 0 saturated carbocycles. The smallest absolute Gasteiger partial charge is 0.281 e. The van der Waals surface area contributed by atoms with Gasteiger partial charge in [-0.25, -0.2) is 0 Å². The number of para-hydroxylation sites is 1. The van der Waals surface area contributed by atoms with Crippen molar-refractivity contribution in [1.29, 1.82) is 0 Å². The van der Waals surface area contributed by atoms with Crippen molar-refractivity contribution in [2.45, 2.75) is 32.7 Å². The van der Waals surface area contributed by atoms with E-state index in [0.29, 0.717) is 26.0 Å². The van der Waals surface area contributed by atoms with E-state index in [1.807, 2.05) is 38.1 Å². The minimum Gasteiger partial charge on any atom is -0.491 e. The van der Waals surface area contributed by atoms with E-state index in [9.17, 15) is 13.2 Å². The van der Waals surface area contributed by atoms with Crippen LogP contribution in [0, 0.1) is 12.8 Å². The van der Waals surface area contributed by atoms with Gasteiger partial charge in [0.25, 0.3) is 10.2 Å². The number of hydrogen-bond acceptors (Lipinski definition) is 4. The molecule has 1 aromatic carbocycles. The second-order valence-corrected chi connectivity index (χ2v) is 9.12. The van der Waals surface area contributed by atoms with E-state index in [1.165, 1.54) is 22.7 Å². The van der Waals surface area contributed by atoms with Crippen LogP contribution in [-0.4, -0.2) is 62.8 Å². The van der Waals surface area contributed by atoms with Gasteiger partial charge < -0.3 is 10.1 Å². The molecule has 0 radical (unpaired) electrons. The predicted molar refractivity (Wildman–Crippen MR) is 101 cm³/mol. The average molecular weight is 384 g/mol. The Morgan fingerprint density at radius 1 is 1.38 bits per heavy atom. The molecule has 0 aromatic heterocycles. The zero-order valence-electron chi connectivity index (χ0n) is 15.9. The Bertz CT molecular complexity index is 721. The molecule has 0 bridgehead atoms. The Labute approximate surface area is 156 Å². The Hall–Kier alpha value is -1.64. The number of carbonyl (C=O) groups is 1. The van der Waals surface area contributed by atoms with Crippen LogP contribution >= 0.6 is 0 Å². The molecule has 1 heterocycles. The lowest BCUT2D eigenvalue weighted by Crippen LogP contribution is -2.50. The highest BCUT2D eigenvalue weighted by atomic mass is 32.2. The lowest BCUT2D eigenvalue weighted by Gasteiger charge is -2.33. The number of benzene rings is 1. The molecule has 26 heavy (non-hydrogen) atoms. The van der Waals surface area contributed by atoms with Crippen molar-refractivity contribution in [2.24, 2.45) is 5.92 Å². The third kappa shape index (κ3) is 5.18. The molecule has 1 saturated heterocycles. The summed E-state index contributed by atoms with van der Waals surface area (Å²) < 4.78 is 32.9. The monoisotopic (exact) mass is 383 g/mol. The Kier molecular flexibility index (Phi) is 7.02. The first kappa shape index (κ1) is 20.7. The van der Waals surface area contributed by atoms with Crippen LogP contribution in [0.3, 0.4) is 0 Å². The third-order valence-corrected chi connectivity index (χ3v) is 6.42. The maximum absolute atomic E-state index is 12.5. The summed E-state index contributed by atoms with van der Waals surface area (Å²) in [4.78, 5) is 12.5. The van der Waals surface area contributed by atoms with Gasteiger partial charge in [-0.05, 0) is 38.3 Å². The van der Waals surface area contributed by atoms with Crippen molar-refractivity contribution in [3.8, 4) is 5.75 Å². The molecule has 1 N–H and O–H groups in total. The fraction of sp³-hybridized carbons (Fsp3) is 0.611. The fourth-order valence-electron chi connectivity index (χ4n) is 2.93. The fourth-order valence-corrected chi connectivity index (χ4v) is 4.12. The summed E-state index contributed by atoms with van der Waals surface area (Å²) in [6, 6.07) is 7.56. The number of nitrogens with one attached hydrogen (secondary N) is 1. The largest absolute Gasteiger partial charge is 0.491 e. The Morgan fingerprint density at radius 2 is 2.08 bits per heavy atom. The maximum Gasteiger partial charge on any atom is 0.281 e. The van der Waals surface area contributed by atoms with Gasteiger partial charge in [0, 0.05) is 27.2 Å². The van der Waals surface area contributed by atoms with Crippen LogP contribution < -0.4 is 10.1 Å². The molecule has 1 aliphatic rings. The second kappa shape index (κ2) is 8.83. The van der Waals surface area contributed by atoms with E-state index in [2.05, 4.69) is 5.32 Å². The average Bonchev–Trinajstić information content (AvgIpc) is 2.61. The van der Waals surface area contributed by atoms with Gasteiger partial charge in [0.05, 0.1) is 12.0 Å². The Balaban J connectivity index is 1.87. The summed E-state index contributed by atoms with van der Waals surface area (Å²) in [5.41, 5.74) is 1.04. The van der Waals surface area contributed by atoms with E-state index >= 15 is 0 Å². The lowest BCUT2D eigenvalue weighted by atomic mass is 9.98. The van der Waals surface area contributed by atoms with Crippen LogP contribution in [-0.2, 0) is 15.0 Å². The summed E-state index contributed by atoms with van der Waals surface area (Å²) in [5, 5.41) is 2.94. The Morgan fingerprint density at radius 3 is 2.73 bits per heavy atom. The molecule has 1 fully saturated rings. The molecule has 8 heteroatoms. The molecule has 0 unspecified atom stereocenters. The first-order chi connectivity index (χ1) is 12.2. The van der Waals surface area contributed by atoms with Crippen molar-refractivity contribution < 1.29 is 17.9 Å². The van der Waals surface area contributed by atoms with Crippen molar-refractivity contribution in [1.82, 2.24) is 13.9 Å². The number of amides is 1. The number of aryl methyl sites for hydroxylation is 1. The maximum atomic E-state index is 12.5. The summed E-state index contributed by atoms with van der Waals surface area (Å²) >= 11 is 0. The molecular formula is C18H29N3O4S. The lowest BCUT2D eigenvalue weighted by molar-refractivity contribution is -0.126. The van der Waals surface area contributed by atoms with Crippen molar-refractivity contribution in [3.63, 3.8) is 0 Å². The van der Waals surface area contributed by atoms with Gasteiger partial charge >= 0.3 is 0 Å². The second-order valence-electron chi connectivity index (χ2n) is 6.97. The highest BCUT2D eigenvalue weighted by Gasteiger charge is 2.33. The number of carbonyl (C=O) groups excluding carboxylic acids is 1.